The maximum absolute atomic E-state index is 13.0. The molecular formula is C25H23NO5S. The van der Waals surface area contributed by atoms with Crippen molar-refractivity contribution in [2.24, 2.45) is 0 Å². The number of benzene rings is 3. The number of fused-ring (bicyclic) bond motifs is 1. The lowest BCUT2D eigenvalue weighted by molar-refractivity contribution is 0.324. The summed E-state index contributed by atoms with van der Waals surface area (Å²) in [5.41, 5.74) is 2.43. The van der Waals surface area contributed by atoms with Crippen molar-refractivity contribution in [3.05, 3.63) is 84.1 Å². The summed E-state index contributed by atoms with van der Waals surface area (Å²) in [6.45, 7) is 0. The quantitative estimate of drug-likeness (QED) is 0.368. The largest absolute Gasteiger partial charge is 0.493 e. The number of hydrogen-bond acceptors (Lipinski definition) is 5. The molecule has 0 N–H and O–H groups in total. The van der Waals surface area contributed by atoms with Crippen LogP contribution in [0.5, 0.6) is 17.2 Å². The molecule has 0 saturated carbocycles. The monoisotopic (exact) mass is 449 g/mol. The second kappa shape index (κ2) is 8.80. The molecule has 0 unspecified atom stereocenters. The van der Waals surface area contributed by atoms with E-state index in [0.717, 1.165) is 16.5 Å². The van der Waals surface area contributed by atoms with Gasteiger partial charge in [0.2, 0.25) is 5.75 Å². The third-order valence-electron chi connectivity index (χ3n) is 5.13. The Morgan fingerprint density at radius 2 is 1.41 bits per heavy atom. The molecule has 0 aliphatic carbocycles. The van der Waals surface area contributed by atoms with Gasteiger partial charge in [-0.3, -0.25) is 0 Å². The van der Waals surface area contributed by atoms with Crippen LogP contribution in [0.1, 0.15) is 11.1 Å². The molecule has 0 bridgehead atoms. The number of methoxy groups -OCH3 is 3. The molecule has 0 amide bonds. The van der Waals surface area contributed by atoms with Crippen LogP contribution in [0, 0.1) is 0 Å². The molecule has 0 radical (unpaired) electrons. The molecule has 4 aromatic rings. The van der Waals surface area contributed by atoms with Crippen molar-refractivity contribution in [3.63, 3.8) is 0 Å². The molecule has 32 heavy (non-hydrogen) atoms. The average molecular weight is 450 g/mol. The smallest absolute Gasteiger partial charge is 0.268 e. The van der Waals surface area contributed by atoms with Gasteiger partial charge in [-0.25, -0.2) is 12.4 Å². The number of rotatable bonds is 7. The SMILES string of the molecule is COc1cc(/C=C/c2ccc3c(ccn3S(=O)(=O)c3ccccc3)c2)cc(OC)c1OC. The summed E-state index contributed by atoms with van der Waals surface area (Å²) in [4.78, 5) is 0.254. The molecule has 0 atom stereocenters. The minimum absolute atomic E-state index is 0.254. The van der Waals surface area contributed by atoms with Gasteiger partial charge in [0.1, 0.15) is 0 Å². The summed E-state index contributed by atoms with van der Waals surface area (Å²) in [7, 11) is 1.06. The van der Waals surface area contributed by atoms with Crippen molar-refractivity contribution in [1.82, 2.24) is 3.97 Å². The van der Waals surface area contributed by atoms with Gasteiger partial charge in [-0.1, -0.05) is 36.4 Å². The molecule has 6 nitrogen and oxygen atoms in total. The second-order valence-corrected chi connectivity index (χ2v) is 8.85. The standard InChI is InChI=1S/C25H23NO5S/c1-29-23-16-19(17-24(30-2)25(23)31-3)10-9-18-11-12-22-20(15-18)13-14-26(22)32(27,28)21-7-5-4-6-8-21/h4-17H,1-3H3/b10-9+. The highest BCUT2D eigenvalue weighted by Crippen LogP contribution is 2.38. The maximum Gasteiger partial charge on any atom is 0.268 e. The molecule has 0 aliphatic rings. The van der Waals surface area contributed by atoms with E-state index in [-0.39, 0.29) is 4.90 Å². The van der Waals surface area contributed by atoms with Crippen LogP contribution >= 0.6 is 0 Å². The van der Waals surface area contributed by atoms with E-state index in [0.29, 0.717) is 22.8 Å². The second-order valence-electron chi connectivity index (χ2n) is 7.04. The first-order valence-corrected chi connectivity index (χ1v) is 11.3. The van der Waals surface area contributed by atoms with E-state index in [2.05, 4.69) is 0 Å². The van der Waals surface area contributed by atoms with Crippen LogP contribution in [0.2, 0.25) is 0 Å². The molecule has 3 aromatic carbocycles. The van der Waals surface area contributed by atoms with Crippen LogP contribution in [0.25, 0.3) is 23.1 Å². The summed E-state index contributed by atoms with van der Waals surface area (Å²) < 4.78 is 43.5. The van der Waals surface area contributed by atoms with E-state index in [4.69, 9.17) is 14.2 Å². The topological polar surface area (TPSA) is 66.8 Å². The lowest BCUT2D eigenvalue weighted by Crippen LogP contribution is -2.11. The van der Waals surface area contributed by atoms with Crippen molar-refractivity contribution >= 4 is 33.1 Å². The highest BCUT2D eigenvalue weighted by molar-refractivity contribution is 7.90. The first-order chi connectivity index (χ1) is 15.5. The first-order valence-electron chi connectivity index (χ1n) is 9.88. The Kier molecular flexibility index (Phi) is 5.92. The first kappa shape index (κ1) is 21.5. The molecule has 0 spiro atoms. The zero-order chi connectivity index (χ0) is 22.7. The molecule has 0 fully saturated rings. The Balaban J connectivity index is 1.67. The zero-order valence-corrected chi connectivity index (χ0v) is 18.8. The Labute approximate surface area is 187 Å². The number of nitrogens with zero attached hydrogens (tertiary/aromatic N) is 1. The summed E-state index contributed by atoms with van der Waals surface area (Å²) in [5.74, 6) is 1.69. The molecule has 0 aliphatic heterocycles. The molecule has 7 heteroatoms. The Hall–Kier alpha value is -3.71. The van der Waals surface area contributed by atoms with E-state index < -0.39 is 10.0 Å². The van der Waals surface area contributed by atoms with Crippen molar-refractivity contribution in [1.29, 1.82) is 0 Å². The lowest BCUT2D eigenvalue weighted by atomic mass is 10.1. The predicted octanol–water partition coefficient (Wildman–Crippen LogP) is 5.07. The predicted molar refractivity (Wildman–Crippen MR) is 126 cm³/mol. The average Bonchev–Trinajstić information content (AvgIpc) is 3.26. The van der Waals surface area contributed by atoms with Gasteiger partial charge < -0.3 is 14.2 Å². The molecular weight excluding hydrogens is 426 g/mol. The van der Waals surface area contributed by atoms with Crippen LogP contribution in [0.4, 0.5) is 0 Å². The van der Waals surface area contributed by atoms with Crippen LogP contribution < -0.4 is 14.2 Å². The minimum atomic E-state index is -3.65. The van der Waals surface area contributed by atoms with Gasteiger partial charge in [0.25, 0.3) is 10.0 Å². The van der Waals surface area contributed by atoms with E-state index in [1.54, 1.807) is 63.9 Å². The van der Waals surface area contributed by atoms with Gasteiger partial charge in [0.05, 0.1) is 31.7 Å². The van der Waals surface area contributed by atoms with Crippen molar-refractivity contribution < 1.29 is 22.6 Å². The third-order valence-corrected chi connectivity index (χ3v) is 6.84. The third kappa shape index (κ3) is 3.94. The van der Waals surface area contributed by atoms with Gasteiger partial charge in [-0.15, -0.1) is 0 Å². The van der Waals surface area contributed by atoms with Gasteiger partial charge in [-0.2, -0.15) is 0 Å². The Morgan fingerprint density at radius 3 is 2.03 bits per heavy atom. The van der Waals surface area contributed by atoms with Crippen LogP contribution in [-0.2, 0) is 10.0 Å². The van der Waals surface area contributed by atoms with Crippen molar-refractivity contribution in [2.45, 2.75) is 4.90 Å². The summed E-state index contributed by atoms with van der Waals surface area (Å²) in [6.07, 6.45) is 5.46. The number of hydrogen-bond donors (Lipinski definition) is 0. The van der Waals surface area contributed by atoms with E-state index >= 15 is 0 Å². The van der Waals surface area contributed by atoms with Crippen LogP contribution in [0.15, 0.2) is 77.8 Å². The number of ether oxygens (including phenoxy) is 3. The van der Waals surface area contributed by atoms with Crippen molar-refractivity contribution in [2.75, 3.05) is 21.3 Å². The fraction of sp³-hybridized carbons (Fsp3) is 0.120. The highest BCUT2D eigenvalue weighted by atomic mass is 32.2. The van der Waals surface area contributed by atoms with E-state index in [1.807, 2.05) is 42.5 Å². The van der Waals surface area contributed by atoms with E-state index in [9.17, 15) is 8.42 Å². The Morgan fingerprint density at radius 1 is 0.750 bits per heavy atom. The van der Waals surface area contributed by atoms with Gasteiger partial charge in [0.15, 0.2) is 11.5 Å². The summed E-state index contributed by atoms with van der Waals surface area (Å²) in [5, 5.41) is 0.830. The highest BCUT2D eigenvalue weighted by Gasteiger charge is 2.18. The van der Waals surface area contributed by atoms with E-state index in [1.165, 1.54) is 3.97 Å². The van der Waals surface area contributed by atoms with Gasteiger partial charge >= 0.3 is 0 Å². The molecule has 0 saturated heterocycles. The summed E-state index contributed by atoms with van der Waals surface area (Å²) in [6, 6.07) is 19.6. The zero-order valence-electron chi connectivity index (χ0n) is 18.0. The lowest BCUT2D eigenvalue weighted by Gasteiger charge is -2.12. The van der Waals surface area contributed by atoms with Gasteiger partial charge in [-0.05, 0) is 53.6 Å². The number of aromatic nitrogens is 1. The normalized spacial score (nSPS) is 11.7. The molecule has 4 rings (SSSR count). The minimum Gasteiger partial charge on any atom is -0.493 e. The molecule has 164 valence electrons. The maximum atomic E-state index is 13.0. The van der Waals surface area contributed by atoms with Crippen LogP contribution in [0.3, 0.4) is 0 Å². The molecule has 1 heterocycles. The molecule has 1 aromatic heterocycles. The Bertz CT molecular complexity index is 1360. The van der Waals surface area contributed by atoms with Gasteiger partial charge in [0, 0.05) is 11.6 Å². The van der Waals surface area contributed by atoms with Crippen molar-refractivity contribution in [3.8, 4) is 17.2 Å². The fourth-order valence-corrected chi connectivity index (χ4v) is 4.92. The van der Waals surface area contributed by atoms with Crippen LogP contribution in [-0.4, -0.2) is 33.7 Å². The summed E-state index contributed by atoms with van der Waals surface area (Å²) >= 11 is 0. The fourth-order valence-electron chi connectivity index (χ4n) is 3.54.